The molecule has 1 aliphatic heterocycles. The highest BCUT2D eigenvalue weighted by Gasteiger charge is 2.44. The molecule has 0 spiro atoms. The first-order valence-electron chi connectivity index (χ1n) is 22.6. The van der Waals surface area contributed by atoms with E-state index < -0.39 is 0 Å². The number of fused-ring (bicyclic) bond motifs is 2. The second kappa shape index (κ2) is 21.5. The van der Waals surface area contributed by atoms with Gasteiger partial charge in [-0.05, 0) is 122 Å². The SMILES string of the molecule is CCCCCCCCC(C)(C(C)C)C(C)CCC1CCC2CC2C1.CCCCCCCCC(C)(C(C)C)C(C)CCC1CCC2OC2C1. The average Bonchev–Trinajstić information content (AvgIpc) is 4.00. The van der Waals surface area contributed by atoms with Crippen molar-refractivity contribution in [3.05, 3.63) is 0 Å². The van der Waals surface area contributed by atoms with Gasteiger partial charge >= 0.3 is 0 Å². The first-order valence-corrected chi connectivity index (χ1v) is 22.6. The highest BCUT2D eigenvalue weighted by molar-refractivity contribution is 4.94. The third-order valence-electron chi connectivity index (χ3n) is 15.8. The fourth-order valence-electron chi connectivity index (χ4n) is 10.4. The Morgan fingerprint density at radius 2 is 0.958 bits per heavy atom. The smallest absolute Gasteiger partial charge is 0.0844 e. The van der Waals surface area contributed by atoms with Gasteiger partial charge in [-0.15, -0.1) is 0 Å². The van der Waals surface area contributed by atoms with E-state index >= 15 is 0 Å². The van der Waals surface area contributed by atoms with Crippen molar-refractivity contribution in [3.8, 4) is 0 Å². The Kier molecular flexibility index (Phi) is 19.0. The number of rotatable bonds is 24. The molecule has 4 rings (SSSR count). The predicted molar refractivity (Wildman–Crippen MR) is 214 cm³/mol. The largest absolute Gasteiger partial charge is 0.370 e. The first-order chi connectivity index (χ1) is 22.9. The van der Waals surface area contributed by atoms with Crippen molar-refractivity contribution in [2.45, 2.75) is 242 Å². The van der Waals surface area contributed by atoms with E-state index in [-0.39, 0.29) is 0 Å². The molecule has 0 bridgehead atoms. The molecular formula is C47H90O. The number of unbranched alkanes of at least 4 members (excludes halogenated alkanes) is 10. The Bertz CT molecular complexity index is 763. The molecule has 10 unspecified atom stereocenters. The van der Waals surface area contributed by atoms with E-state index in [2.05, 4.69) is 69.2 Å². The second-order valence-corrected chi connectivity index (χ2v) is 19.6. The van der Waals surface area contributed by atoms with E-state index in [1.165, 1.54) is 135 Å². The number of hydrogen-bond donors (Lipinski definition) is 0. The van der Waals surface area contributed by atoms with Crippen LogP contribution in [0.2, 0.25) is 0 Å². The molecule has 0 radical (unpaired) electrons. The zero-order valence-corrected chi connectivity index (χ0v) is 34.9. The van der Waals surface area contributed by atoms with Gasteiger partial charge in [0.25, 0.3) is 0 Å². The lowest BCUT2D eigenvalue weighted by Crippen LogP contribution is -2.32. The van der Waals surface area contributed by atoms with Crippen LogP contribution < -0.4 is 0 Å². The summed E-state index contributed by atoms with van der Waals surface area (Å²) in [5, 5.41) is 0. The van der Waals surface area contributed by atoms with Gasteiger partial charge in [0.2, 0.25) is 0 Å². The van der Waals surface area contributed by atoms with E-state index in [0.717, 1.165) is 47.3 Å². The highest BCUT2D eigenvalue weighted by atomic mass is 16.6. The summed E-state index contributed by atoms with van der Waals surface area (Å²) in [4.78, 5) is 0. The van der Waals surface area contributed by atoms with Gasteiger partial charge in [0.05, 0.1) is 12.2 Å². The summed E-state index contributed by atoms with van der Waals surface area (Å²) in [6.07, 6.45) is 37.6. The maximum Gasteiger partial charge on any atom is 0.0844 e. The van der Waals surface area contributed by atoms with E-state index in [1.807, 2.05) is 0 Å². The van der Waals surface area contributed by atoms with Crippen molar-refractivity contribution >= 4 is 0 Å². The van der Waals surface area contributed by atoms with Crippen LogP contribution in [-0.4, -0.2) is 12.2 Å². The molecule has 0 aromatic rings. The van der Waals surface area contributed by atoms with Crippen molar-refractivity contribution in [1.29, 1.82) is 0 Å². The standard InChI is InChI=1S/C24H46.C23H44O/c1-6-7-8-9-10-11-16-24(5,19(2)3)20(4)12-13-21-14-15-22-18-23(22)17-21;1-6-7-8-9-10-11-16-23(5,18(2)3)19(4)12-13-20-14-15-21-22(17-20)24-21/h19-23H,6-18H2,1-5H3;18-22H,6-17H2,1-5H3. The van der Waals surface area contributed by atoms with Crippen LogP contribution in [0, 0.1) is 58.2 Å². The summed E-state index contributed by atoms with van der Waals surface area (Å²) >= 11 is 0. The van der Waals surface area contributed by atoms with E-state index in [0.29, 0.717) is 23.0 Å². The zero-order chi connectivity index (χ0) is 35.2. The van der Waals surface area contributed by atoms with Crippen LogP contribution in [-0.2, 0) is 4.74 Å². The minimum absolute atomic E-state index is 0.526. The molecule has 1 nitrogen and oxygen atoms in total. The van der Waals surface area contributed by atoms with Crippen LogP contribution >= 0.6 is 0 Å². The van der Waals surface area contributed by atoms with Crippen LogP contribution in [0.25, 0.3) is 0 Å². The summed E-state index contributed by atoms with van der Waals surface area (Å²) < 4.78 is 5.71. The van der Waals surface area contributed by atoms with Gasteiger partial charge in [0, 0.05) is 0 Å². The maximum atomic E-state index is 5.71. The molecule has 3 aliphatic carbocycles. The van der Waals surface area contributed by atoms with Gasteiger partial charge in [-0.25, -0.2) is 0 Å². The van der Waals surface area contributed by atoms with Crippen molar-refractivity contribution in [1.82, 2.24) is 0 Å². The third-order valence-corrected chi connectivity index (χ3v) is 15.8. The van der Waals surface area contributed by atoms with Crippen molar-refractivity contribution in [2.24, 2.45) is 58.2 Å². The number of hydrogen-bond acceptors (Lipinski definition) is 1. The highest BCUT2D eigenvalue weighted by Crippen LogP contribution is 2.53. The molecular weight excluding hydrogens is 581 g/mol. The Labute approximate surface area is 304 Å². The van der Waals surface area contributed by atoms with E-state index in [9.17, 15) is 0 Å². The normalized spacial score (nSPS) is 30.0. The second-order valence-electron chi connectivity index (χ2n) is 19.6. The van der Waals surface area contributed by atoms with Crippen molar-refractivity contribution in [3.63, 3.8) is 0 Å². The quantitative estimate of drug-likeness (QED) is 0.0735. The van der Waals surface area contributed by atoms with E-state index in [1.54, 1.807) is 25.7 Å². The number of ether oxygens (including phenoxy) is 1. The van der Waals surface area contributed by atoms with Crippen LogP contribution in [0.4, 0.5) is 0 Å². The van der Waals surface area contributed by atoms with Crippen molar-refractivity contribution < 1.29 is 4.74 Å². The molecule has 10 atom stereocenters. The van der Waals surface area contributed by atoms with Gasteiger partial charge in [-0.2, -0.15) is 0 Å². The molecule has 48 heavy (non-hydrogen) atoms. The van der Waals surface area contributed by atoms with Gasteiger partial charge in [0.15, 0.2) is 0 Å². The van der Waals surface area contributed by atoms with Crippen LogP contribution in [0.3, 0.4) is 0 Å². The fraction of sp³-hybridized carbons (Fsp3) is 1.00. The Hall–Kier alpha value is -0.0400. The molecule has 284 valence electrons. The third kappa shape index (κ3) is 13.8. The molecule has 3 saturated carbocycles. The first kappa shape index (κ1) is 42.4. The molecule has 0 aromatic carbocycles. The molecule has 1 saturated heterocycles. The summed E-state index contributed by atoms with van der Waals surface area (Å²) in [7, 11) is 0. The molecule has 0 amide bonds. The Morgan fingerprint density at radius 3 is 1.42 bits per heavy atom. The minimum atomic E-state index is 0.526. The van der Waals surface area contributed by atoms with Crippen LogP contribution in [0.5, 0.6) is 0 Å². The van der Waals surface area contributed by atoms with Crippen molar-refractivity contribution in [2.75, 3.05) is 0 Å². The molecule has 0 aromatic heterocycles. The van der Waals surface area contributed by atoms with Gasteiger partial charge in [0.1, 0.15) is 0 Å². The maximum absolute atomic E-state index is 5.71. The summed E-state index contributed by atoms with van der Waals surface area (Å²) in [5.74, 6) is 7.69. The van der Waals surface area contributed by atoms with Crippen LogP contribution in [0.1, 0.15) is 230 Å². The predicted octanol–water partition coefficient (Wildman–Crippen LogP) is 15.6. The fourth-order valence-corrected chi connectivity index (χ4v) is 10.4. The topological polar surface area (TPSA) is 12.5 Å². The monoisotopic (exact) mass is 671 g/mol. The van der Waals surface area contributed by atoms with Gasteiger partial charge < -0.3 is 4.74 Å². The molecule has 4 aliphatic rings. The molecule has 0 N–H and O–H groups in total. The Balaban J connectivity index is 0.000000260. The van der Waals surface area contributed by atoms with E-state index in [4.69, 9.17) is 4.74 Å². The molecule has 1 heteroatoms. The van der Waals surface area contributed by atoms with Gasteiger partial charge in [-0.3, -0.25) is 0 Å². The molecule has 1 heterocycles. The summed E-state index contributed by atoms with van der Waals surface area (Å²) in [5.41, 5.74) is 1.08. The summed E-state index contributed by atoms with van der Waals surface area (Å²) in [6.45, 7) is 24.8. The number of epoxide rings is 1. The average molecular weight is 671 g/mol. The summed E-state index contributed by atoms with van der Waals surface area (Å²) in [6, 6.07) is 0. The Morgan fingerprint density at radius 1 is 0.500 bits per heavy atom. The lowest BCUT2D eigenvalue weighted by molar-refractivity contribution is 0.0930. The minimum Gasteiger partial charge on any atom is -0.370 e. The molecule has 4 fully saturated rings. The lowest BCUT2D eigenvalue weighted by Gasteiger charge is -2.41. The lowest BCUT2D eigenvalue weighted by atomic mass is 9.65. The zero-order valence-electron chi connectivity index (χ0n) is 34.9. The van der Waals surface area contributed by atoms with Gasteiger partial charge in [-0.1, -0.05) is 166 Å². The van der Waals surface area contributed by atoms with Crippen LogP contribution in [0.15, 0.2) is 0 Å².